The second kappa shape index (κ2) is 16.1. The number of para-hydroxylation sites is 3. The third kappa shape index (κ3) is 9.21. The first-order valence-corrected chi connectivity index (χ1v) is 14.9. The van der Waals surface area contributed by atoms with E-state index in [-0.39, 0.29) is 56.5 Å². The predicted molar refractivity (Wildman–Crippen MR) is 168 cm³/mol. The second-order valence-corrected chi connectivity index (χ2v) is 10.7. The molecule has 0 fully saturated rings. The molecular weight excluding hydrogens is 576 g/mol. The molecule has 0 bridgehead atoms. The number of hydrogen-bond acceptors (Lipinski definition) is 7. The minimum absolute atomic E-state index is 0.0131. The fourth-order valence-electron chi connectivity index (χ4n) is 4.94. The largest absolute Gasteiger partial charge is 0.493 e. The smallest absolute Gasteiger partial charge is 0.255 e. The van der Waals surface area contributed by atoms with Gasteiger partial charge in [0.05, 0.1) is 25.8 Å². The summed E-state index contributed by atoms with van der Waals surface area (Å²) in [6.45, 7) is 0.751. The zero-order valence-corrected chi connectivity index (χ0v) is 25.9. The maximum atomic E-state index is 13.6. The van der Waals surface area contributed by atoms with Gasteiger partial charge in [-0.3, -0.25) is 19.2 Å². The lowest BCUT2D eigenvalue weighted by Gasteiger charge is -2.26. The van der Waals surface area contributed by atoms with E-state index >= 15 is 0 Å². The van der Waals surface area contributed by atoms with E-state index in [9.17, 15) is 19.2 Å². The van der Waals surface area contributed by atoms with Crippen molar-refractivity contribution >= 4 is 23.6 Å². The first-order chi connectivity index (χ1) is 21.8. The van der Waals surface area contributed by atoms with E-state index < -0.39 is 23.9 Å². The molecule has 1 aliphatic rings. The van der Waals surface area contributed by atoms with Crippen molar-refractivity contribution in [2.75, 3.05) is 47.5 Å². The molecule has 0 unspecified atom stereocenters. The normalized spacial score (nSPS) is 17.8. The van der Waals surface area contributed by atoms with Crippen molar-refractivity contribution in [2.45, 2.75) is 31.3 Å². The molecule has 0 aromatic heterocycles. The highest BCUT2D eigenvalue weighted by molar-refractivity contribution is 5.99. The Labute approximate surface area is 263 Å². The average molecular weight is 617 g/mol. The van der Waals surface area contributed by atoms with Crippen LogP contribution in [0.4, 0.5) is 0 Å². The van der Waals surface area contributed by atoms with E-state index in [0.717, 1.165) is 5.56 Å². The Bertz CT molecular complexity index is 1470. The standard InChI is InChI=1S/C34H40N4O7/c1-37(20-22-45-30-16-10-9-15-29(30)43-3)33(41)26-17-18-31(39)35-27(23-24-11-5-4-6-12-24)34(42)38(2)19-21-44-28-14-8-7-13-25(28)32(40)36-26/h4-16,26-27H,17-23H2,1-3H3,(H,35,39)(H,36,40)/t26-,27-/m0/s1. The molecule has 0 saturated carbocycles. The highest BCUT2D eigenvalue weighted by Gasteiger charge is 2.29. The summed E-state index contributed by atoms with van der Waals surface area (Å²) in [5.41, 5.74) is 1.14. The Kier molecular flexibility index (Phi) is 11.8. The van der Waals surface area contributed by atoms with Crippen LogP contribution in [0.3, 0.4) is 0 Å². The molecule has 2 atom stereocenters. The van der Waals surface area contributed by atoms with Crippen molar-refractivity contribution in [3.63, 3.8) is 0 Å². The molecule has 1 heterocycles. The van der Waals surface area contributed by atoms with E-state index in [1.54, 1.807) is 57.6 Å². The molecule has 1 aliphatic heterocycles. The van der Waals surface area contributed by atoms with Crippen LogP contribution in [0.2, 0.25) is 0 Å². The van der Waals surface area contributed by atoms with Gasteiger partial charge >= 0.3 is 0 Å². The summed E-state index contributed by atoms with van der Waals surface area (Å²) in [4.78, 5) is 56.7. The minimum atomic E-state index is -1.02. The van der Waals surface area contributed by atoms with Crippen LogP contribution in [-0.2, 0) is 20.8 Å². The topological polar surface area (TPSA) is 127 Å². The van der Waals surface area contributed by atoms with E-state index in [2.05, 4.69) is 10.6 Å². The molecule has 4 amide bonds. The van der Waals surface area contributed by atoms with Crippen molar-refractivity contribution in [1.29, 1.82) is 0 Å². The molecule has 11 heteroatoms. The van der Waals surface area contributed by atoms with Crippen LogP contribution in [-0.4, -0.2) is 93.0 Å². The number of benzene rings is 3. The maximum Gasteiger partial charge on any atom is 0.255 e. The van der Waals surface area contributed by atoms with Crippen molar-refractivity contribution in [3.8, 4) is 17.2 Å². The summed E-state index contributed by atoms with van der Waals surface area (Å²) in [5, 5.41) is 5.67. The Balaban J connectivity index is 1.52. The Morgan fingerprint density at radius 3 is 2.40 bits per heavy atom. The molecule has 45 heavy (non-hydrogen) atoms. The molecule has 4 rings (SSSR count). The number of rotatable bonds is 8. The number of fused-ring (bicyclic) bond motifs is 1. The van der Waals surface area contributed by atoms with E-state index in [1.165, 1.54) is 9.80 Å². The molecule has 0 spiro atoms. The van der Waals surface area contributed by atoms with Crippen LogP contribution in [0.1, 0.15) is 28.8 Å². The molecule has 0 saturated heterocycles. The maximum absolute atomic E-state index is 13.6. The monoisotopic (exact) mass is 616 g/mol. The van der Waals surface area contributed by atoms with Gasteiger partial charge in [-0.25, -0.2) is 0 Å². The zero-order chi connectivity index (χ0) is 32.2. The Hall–Kier alpha value is -5.06. The summed E-state index contributed by atoms with van der Waals surface area (Å²) in [6.07, 6.45) is 0.218. The Morgan fingerprint density at radius 1 is 0.956 bits per heavy atom. The lowest BCUT2D eigenvalue weighted by Crippen LogP contribution is -2.50. The van der Waals surface area contributed by atoms with Crippen LogP contribution in [0.5, 0.6) is 17.2 Å². The summed E-state index contributed by atoms with van der Waals surface area (Å²) in [7, 11) is 4.80. The predicted octanol–water partition coefficient (Wildman–Crippen LogP) is 2.69. The molecule has 2 N–H and O–H groups in total. The highest BCUT2D eigenvalue weighted by atomic mass is 16.5. The molecular formula is C34H40N4O7. The second-order valence-electron chi connectivity index (χ2n) is 10.7. The van der Waals surface area contributed by atoms with Crippen LogP contribution in [0.25, 0.3) is 0 Å². The summed E-state index contributed by atoms with van der Waals surface area (Å²) in [5.74, 6) is -0.132. The van der Waals surface area contributed by atoms with Gasteiger partial charge in [0, 0.05) is 26.9 Å². The van der Waals surface area contributed by atoms with E-state index in [1.807, 2.05) is 42.5 Å². The number of carbonyl (C=O) groups is 4. The van der Waals surface area contributed by atoms with Gasteiger partial charge in [-0.1, -0.05) is 54.6 Å². The van der Waals surface area contributed by atoms with Gasteiger partial charge in [0.25, 0.3) is 5.91 Å². The number of nitrogens with one attached hydrogen (secondary N) is 2. The molecule has 3 aromatic carbocycles. The fraction of sp³-hybridized carbons (Fsp3) is 0.353. The van der Waals surface area contributed by atoms with Gasteiger partial charge in [-0.05, 0) is 36.2 Å². The fourth-order valence-corrected chi connectivity index (χ4v) is 4.94. The average Bonchev–Trinajstić information content (AvgIpc) is 3.06. The van der Waals surface area contributed by atoms with Crippen molar-refractivity contribution in [2.24, 2.45) is 0 Å². The van der Waals surface area contributed by atoms with Gasteiger partial charge in [0.15, 0.2) is 11.5 Å². The molecule has 238 valence electrons. The highest BCUT2D eigenvalue weighted by Crippen LogP contribution is 2.25. The lowest BCUT2D eigenvalue weighted by molar-refractivity contribution is -0.136. The van der Waals surface area contributed by atoms with Gasteiger partial charge in [0.1, 0.15) is 31.0 Å². The lowest BCUT2D eigenvalue weighted by atomic mass is 10.0. The molecule has 0 radical (unpaired) electrons. The number of methoxy groups -OCH3 is 1. The number of ether oxygens (including phenoxy) is 3. The summed E-state index contributed by atoms with van der Waals surface area (Å²) >= 11 is 0. The molecule has 3 aromatic rings. The van der Waals surface area contributed by atoms with Crippen molar-refractivity contribution in [3.05, 3.63) is 90.0 Å². The number of carbonyl (C=O) groups excluding carboxylic acids is 4. The van der Waals surface area contributed by atoms with Crippen LogP contribution in [0, 0.1) is 0 Å². The minimum Gasteiger partial charge on any atom is -0.493 e. The summed E-state index contributed by atoms with van der Waals surface area (Å²) < 4.78 is 17.1. The van der Waals surface area contributed by atoms with E-state index in [4.69, 9.17) is 14.2 Å². The number of likely N-dealkylation sites (N-methyl/N-ethyl adjacent to an activating group) is 2. The quantitative estimate of drug-likeness (QED) is 0.399. The zero-order valence-electron chi connectivity index (χ0n) is 25.9. The van der Waals surface area contributed by atoms with Gasteiger partial charge in [-0.15, -0.1) is 0 Å². The van der Waals surface area contributed by atoms with Crippen LogP contribution < -0.4 is 24.8 Å². The SMILES string of the molecule is COc1ccccc1OCCN(C)C(=O)[C@@H]1CCC(=O)N[C@@H](Cc2ccccc2)C(=O)N(C)CCOc2ccccc2C(=O)N1. The van der Waals surface area contributed by atoms with Crippen LogP contribution >= 0.6 is 0 Å². The van der Waals surface area contributed by atoms with Gasteiger partial charge in [-0.2, -0.15) is 0 Å². The Morgan fingerprint density at radius 2 is 1.64 bits per heavy atom. The molecule has 0 aliphatic carbocycles. The number of hydrogen-bond donors (Lipinski definition) is 2. The van der Waals surface area contributed by atoms with Gasteiger partial charge in [0.2, 0.25) is 17.7 Å². The first-order valence-electron chi connectivity index (χ1n) is 14.9. The van der Waals surface area contributed by atoms with E-state index in [0.29, 0.717) is 23.7 Å². The van der Waals surface area contributed by atoms with Crippen LogP contribution in [0.15, 0.2) is 78.9 Å². The number of amides is 4. The summed E-state index contributed by atoms with van der Waals surface area (Å²) in [6, 6.07) is 21.5. The first kappa shape index (κ1) is 32.8. The third-order valence-electron chi connectivity index (χ3n) is 7.50. The van der Waals surface area contributed by atoms with Gasteiger partial charge < -0.3 is 34.6 Å². The third-order valence-corrected chi connectivity index (χ3v) is 7.50. The number of nitrogens with zero attached hydrogens (tertiary/aromatic N) is 2. The van der Waals surface area contributed by atoms with Crippen molar-refractivity contribution < 1.29 is 33.4 Å². The molecule has 11 nitrogen and oxygen atoms in total. The van der Waals surface area contributed by atoms with Crippen molar-refractivity contribution in [1.82, 2.24) is 20.4 Å².